The van der Waals surface area contributed by atoms with Crippen LogP contribution in [0.15, 0.2) is 23.2 Å². The van der Waals surface area contributed by atoms with E-state index in [0.717, 1.165) is 49.4 Å². The van der Waals surface area contributed by atoms with Gasteiger partial charge >= 0.3 is 0 Å². The molecule has 0 saturated carbocycles. The Morgan fingerprint density at radius 3 is 2.92 bits per heavy atom. The van der Waals surface area contributed by atoms with Gasteiger partial charge in [-0.1, -0.05) is 11.2 Å². The molecule has 1 aliphatic rings. The Bertz CT molecular complexity index is 774. The van der Waals surface area contributed by atoms with E-state index >= 15 is 0 Å². The third-order valence-electron chi connectivity index (χ3n) is 4.95. The third kappa shape index (κ3) is 3.74. The molecule has 6 heteroatoms. The highest BCUT2D eigenvalue weighted by Crippen LogP contribution is 2.26. The predicted molar refractivity (Wildman–Crippen MR) is 95.9 cm³/mol. The molecule has 0 radical (unpaired) electrons. The second kappa shape index (κ2) is 7.35. The van der Waals surface area contributed by atoms with Crippen LogP contribution >= 0.6 is 0 Å². The van der Waals surface area contributed by atoms with Gasteiger partial charge in [0.1, 0.15) is 0 Å². The molecule has 3 rings (SSSR count). The molecule has 1 atom stereocenters. The molecule has 0 amide bonds. The van der Waals surface area contributed by atoms with Gasteiger partial charge in [0, 0.05) is 30.0 Å². The van der Waals surface area contributed by atoms with Crippen LogP contribution in [0.4, 0.5) is 0 Å². The van der Waals surface area contributed by atoms with Gasteiger partial charge in [0.25, 0.3) is 0 Å². The number of carbonyl (C=O) groups is 1. The molecule has 25 heavy (non-hydrogen) atoms. The van der Waals surface area contributed by atoms with E-state index in [1.165, 1.54) is 0 Å². The number of rotatable bonds is 6. The molecule has 0 aliphatic carbocycles. The van der Waals surface area contributed by atoms with E-state index in [1.54, 1.807) is 0 Å². The number of Topliss-reactive ketones (excluding diaryl/α,β-unsaturated/α-hetero) is 1. The highest BCUT2D eigenvalue weighted by molar-refractivity contribution is 5.99. The molecule has 0 spiro atoms. The van der Waals surface area contributed by atoms with Crippen molar-refractivity contribution in [3.8, 4) is 0 Å². The van der Waals surface area contributed by atoms with Crippen molar-refractivity contribution in [3.63, 3.8) is 0 Å². The number of carbonyl (C=O) groups excluding carboxylic acids is 1. The normalized spacial score (nSPS) is 18.4. The van der Waals surface area contributed by atoms with Crippen molar-refractivity contribution in [1.82, 2.24) is 19.6 Å². The van der Waals surface area contributed by atoms with Crippen molar-refractivity contribution in [2.24, 2.45) is 0 Å². The third-order valence-corrected chi connectivity index (χ3v) is 4.95. The highest BCUT2D eigenvalue weighted by atomic mass is 16.5. The maximum Gasteiger partial charge on any atom is 0.231 e. The van der Waals surface area contributed by atoms with Crippen molar-refractivity contribution in [2.45, 2.75) is 46.1 Å². The van der Waals surface area contributed by atoms with E-state index in [1.807, 2.05) is 32.9 Å². The molecular weight excluding hydrogens is 316 g/mol. The Balaban J connectivity index is 1.68. The second-order valence-corrected chi connectivity index (χ2v) is 6.86. The summed E-state index contributed by atoms with van der Waals surface area (Å²) in [6.45, 7) is 12.5. The summed E-state index contributed by atoms with van der Waals surface area (Å²) in [6.07, 6.45) is 3.92. The molecule has 0 N–H and O–H groups in total. The first-order valence-corrected chi connectivity index (χ1v) is 8.83. The lowest BCUT2D eigenvalue weighted by Gasteiger charge is -2.30. The molecule has 0 unspecified atom stereocenters. The van der Waals surface area contributed by atoms with E-state index in [2.05, 4.69) is 26.2 Å². The number of allylic oxidation sites excluding steroid dienone is 1. The molecular formula is C19H26N4O2. The van der Waals surface area contributed by atoms with Gasteiger partial charge in [0.05, 0.1) is 12.5 Å². The number of piperidine rings is 1. The summed E-state index contributed by atoms with van der Waals surface area (Å²) < 4.78 is 7.45. The zero-order valence-corrected chi connectivity index (χ0v) is 15.3. The first-order valence-electron chi connectivity index (χ1n) is 8.83. The topological polar surface area (TPSA) is 64.2 Å². The maximum atomic E-state index is 12.8. The predicted octanol–water partition coefficient (Wildman–Crippen LogP) is 3.04. The van der Waals surface area contributed by atoms with E-state index in [4.69, 9.17) is 4.52 Å². The molecule has 2 aromatic heterocycles. The van der Waals surface area contributed by atoms with Crippen molar-refractivity contribution in [2.75, 3.05) is 19.6 Å². The number of aryl methyl sites for hydroxylation is 2. The number of hydrogen-bond donors (Lipinski definition) is 0. The summed E-state index contributed by atoms with van der Waals surface area (Å²) in [5.74, 6) is 1.75. The van der Waals surface area contributed by atoms with E-state index in [0.29, 0.717) is 18.3 Å². The summed E-state index contributed by atoms with van der Waals surface area (Å²) in [5, 5.41) is 3.88. The fourth-order valence-corrected chi connectivity index (χ4v) is 3.66. The van der Waals surface area contributed by atoms with Crippen LogP contribution in [0.25, 0.3) is 0 Å². The zero-order valence-electron chi connectivity index (χ0n) is 15.3. The van der Waals surface area contributed by atoms with Gasteiger partial charge < -0.3 is 9.09 Å². The first-order chi connectivity index (χ1) is 12.0. The first kappa shape index (κ1) is 17.6. The number of likely N-dealkylation sites (tertiary alicyclic amines) is 1. The van der Waals surface area contributed by atoms with Crippen molar-refractivity contribution < 1.29 is 9.32 Å². The number of nitrogens with zero attached hydrogens (tertiary/aromatic N) is 4. The smallest absolute Gasteiger partial charge is 0.231 e. The molecule has 3 heterocycles. The van der Waals surface area contributed by atoms with Crippen LogP contribution in [-0.4, -0.2) is 45.0 Å². The molecule has 1 aliphatic heterocycles. The van der Waals surface area contributed by atoms with Crippen LogP contribution < -0.4 is 0 Å². The summed E-state index contributed by atoms with van der Waals surface area (Å²) in [4.78, 5) is 19.4. The van der Waals surface area contributed by atoms with E-state index in [9.17, 15) is 4.79 Å². The lowest BCUT2D eigenvalue weighted by Crippen LogP contribution is -2.38. The van der Waals surface area contributed by atoms with Crippen LogP contribution in [0.2, 0.25) is 0 Å². The Labute approximate surface area is 148 Å². The highest BCUT2D eigenvalue weighted by Gasteiger charge is 2.27. The standard InChI is InChI=1S/C19H26N4O2/c1-5-8-23-13(2)10-17(14(23)3)18(24)12-22-9-6-7-16(11-22)19-20-15(4)21-25-19/h5,10,16H,1,6-9,11-12H2,2-4H3/t16-/m0/s1. The largest absolute Gasteiger partial charge is 0.345 e. The van der Waals surface area contributed by atoms with Crippen LogP contribution in [0.5, 0.6) is 0 Å². The SMILES string of the molecule is C=CCn1c(C)cc(C(=O)CN2CCC[C@H](c3nc(C)no3)C2)c1C. The van der Waals surface area contributed by atoms with Crippen LogP contribution in [-0.2, 0) is 6.54 Å². The molecule has 134 valence electrons. The number of hydrogen-bond acceptors (Lipinski definition) is 5. The van der Waals surface area contributed by atoms with Gasteiger partial charge in [-0.15, -0.1) is 6.58 Å². The van der Waals surface area contributed by atoms with Gasteiger partial charge in [0.15, 0.2) is 11.6 Å². The fraction of sp³-hybridized carbons (Fsp3) is 0.526. The molecule has 6 nitrogen and oxygen atoms in total. The minimum absolute atomic E-state index is 0.172. The number of aromatic nitrogens is 3. The average molecular weight is 342 g/mol. The Hall–Kier alpha value is -2.21. The van der Waals surface area contributed by atoms with Gasteiger partial charge in [-0.25, -0.2) is 0 Å². The average Bonchev–Trinajstić information content (AvgIpc) is 3.14. The lowest BCUT2D eigenvalue weighted by molar-refractivity contribution is 0.0898. The van der Waals surface area contributed by atoms with Crippen LogP contribution in [0.1, 0.15) is 52.2 Å². The van der Waals surface area contributed by atoms with Crippen molar-refractivity contribution in [3.05, 3.63) is 47.4 Å². The van der Waals surface area contributed by atoms with Crippen LogP contribution in [0.3, 0.4) is 0 Å². The Morgan fingerprint density at radius 1 is 1.44 bits per heavy atom. The summed E-state index contributed by atoms with van der Waals surface area (Å²) in [5.41, 5.74) is 2.93. The van der Waals surface area contributed by atoms with Gasteiger partial charge in [-0.3, -0.25) is 9.69 Å². The summed E-state index contributed by atoms with van der Waals surface area (Å²) in [6, 6.07) is 1.99. The van der Waals surface area contributed by atoms with Crippen LogP contribution in [0, 0.1) is 20.8 Å². The van der Waals surface area contributed by atoms with E-state index < -0.39 is 0 Å². The number of ketones is 1. The molecule has 1 saturated heterocycles. The van der Waals surface area contributed by atoms with E-state index in [-0.39, 0.29) is 11.7 Å². The van der Waals surface area contributed by atoms with Crippen molar-refractivity contribution >= 4 is 5.78 Å². The molecule has 1 fully saturated rings. The zero-order chi connectivity index (χ0) is 18.0. The summed E-state index contributed by atoms with van der Waals surface area (Å²) >= 11 is 0. The van der Waals surface area contributed by atoms with Gasteiger partial charge in [0.2, 0.25) is 5.89 Å². The molecule has 0 bridgehead atoms. The second-order valence-electron chi connectivity index (χ2n) is 6.86. The minimum Gasteiger partial charge on any atom is -0.345 e. The molecule has 2 aromatic rings. The molecule has 0 aromatic carbocycles. The monoisotopic (exact) mass is 342 g/mol. The fourth-order valence-electron chi connectivity index (χ4n) is 3.66. The van der Waals surface area contributed by atoms with Crippen molar-refractivity contribution in [1.29, 1.82) is 0 Å². The summed E-state index contributed by atoms with van der Waals surface area (Å²) in [7, 11) is 0. The van der Waals surface area contributed by atoms with Gasteiger partial charge in [-0.05, 0) is 46.2 Å². The quantitative estimate of drug-likeness (QED) is 0.596. The minimum atomic E-state index is 0.172. The maximum absolute atomic E-state index is 12.8. The lowest BCUT2D eigenvalue weighted by atomic mass is 9.97. The van der Waals surface area contributed by atoms with Gasteiger partial charge in [-0.2, -0.15) is 4.98 Å². The Kier molecular flexibility index (Phi) is 5.18. The Morgan fingerprint density at radius 2 is 2.24 bits per heavy atom.